The van der Waals surface area contributed by atoms with E-state index in [4.69, 9.17) is 0 Å². The van der Waals surface area contributed by atoms with E-state index in [1.165, 1.54) is 25.7 Å². The zero-order valence-electron chi connectivity index (χ0n) is 12.9. The largest absolute Gasteiger partial charge is 0.298 e. The van der Waals surface area contributed by atoms with Crippen LogP contribution in [0.4, 0.5) is 0 Å². The highest BCUT2D eigenvalue weighted by molar-refractivity contribution is 5.82. The molecule has 1 heterocycles. The molecule has 20 heavy (non-hydrogen) atoms. The predicted octanol–water partition coefficient (Wildman–Crippen LogP) is 3.70. The highest BCUT2D eigenvalue weighted by Gasteiger charge is 2.31. The van der Waals surface area contributed by atoms with Crippen molar-refractivity contribution >= 4 is 5.78 Å². The van der Waals surface area contributed by atoms with Crippen molar-refractivity contribution in [1.82, 2.24) is 4.90 Å². The van der Waals surface area contributed by atoms with Gasteiger partial charge in [0.1, 0.15) is 0 Å². The van der Waals surface area contributed by atoms with Crippen LogP contribution in [0.25, 0.3) is 0 Å². The van der Waals surface area contributed by atoms with Crippen LogP contribution in [-0.2, 0) is 11.2 Å². The second-order valence-electron chi connectivity index (χ2n) is 6.18. The first-order chi connectivity index (χ1) is 9.67. The highest BCUT2D eigenvalue weighted by Crippen LogP contribution is 2.37. The van der Waals surface area contributed by atoms with Crippen LogP contribution in [0, 0.1) is 5.41 Å². The highest BCUT2D eigenvalue weighted by atomic mass is 16.1. The molecule has 110 valence electrons. The Kier molecular flexibility index (Phi) is 5.36. The Bertz CT molecular complexity index is 412. The number of hydrogen-bond donors (Lipinski definition) is 0. The van der Waals surface area contributed by atoms with Gasteiger partial charge in [-0.15, -0.1) is 0 Å². The quantitative estimate of drug-likeness (QED) is 0.787. The molecule has 0 N–H and O–H groups in total. The maximum atomic E-state index is 12.1. The Morgan fingerprint density at radius 2 is 1.70 bits per heavy atom. The van der Waals surface area contributed by atoms with Crippen molar-refractivity contribution in [3.8, 4) is 0 Å². The summed E-state index contributed by atoms with van der Waals surface area (Å²) < 4.78 is 0. The number of nitrogens with zero attached hydrogens (tertiary/aromatic N) is 1. The lowest BCUT2D eigenvalue weighted by Gasteiger charge is -2.40. The zero-order chi connectivity index (χ0) is 14.4. The standard InChI is InChI=1S/C18H27NO/c1-3-18(4-2)10-12-19(13-11-18)15-17(20)14-16-8-6-5-7-9-16/h5-9H,3-4,10-15H2,1-2H3. The van der Waals surface area contributed by atoms with E-state index in [0.29, 0.717) is 24.2 Å². The van der Waals surface area contributed by atoms with Crippen LogP contribution >= 0.6 is 0 Å². The van der Waals surface area contributed by atoms with Crippen LogP contribution in [0.3, 0.4) is 0 Å². The maximum Gasteiger partial charge on any atom is 0.151 e. The summed E-state index contributed by atoms with van der Waals surface area (Å²) in [4.78, 5) is 14.5. The van der Waals surface area contributed by atoms with Crippen molar-refractivity contribution in [3.05, 3.63) is 35.9 Å². The van der Waals surface area contributed by atoms with Crippen LogP contribution in [0.5, 0.6) is 0 Å². The van der Waals surface area contributed by atoms with E-state index in [1.54, 1.807) is 0 Å². The molecule has 0 radical (unpaired) electrons. The molecule has 2 heteroatoms. The second kappa shape index (κ2) is 7.03. The van der Waals surface area contributed by atoms with Crippen molar-refractivity contribution < 1.29 is 4.79 Å². The molecule has 0 atom stereocenters. The number of ketones is 1. The molecule has 0 aliphatic carbocycles. The summed E-state index contributed by atoms with van der Waals surface area (Å²) in [5.41, 5.74) is 1.67. The Balaban J connectivity index is 1.79. The van der Waals surface area contributed by atoms with Gasteiger partial charge in [0.25, 0.3) is 0 Å². The van der Waals surface area contributed by atoms with Crippen LogP contribution < -0.4 is 0 Å². The maximum absolute atomic E-state index is 12.1. The Morgan fingerprint density at radius 3 is 2.25 bits per heavy atom. The average molecular weight is 273 g/mol. The number of piperidine rings is 1. The van der Waals surface area contributed by atoms with E-state index in [9.17, 15) is 4.79 Å². The number of hydrogen-bond acceptors (Lipinski definition) is 2. The molecule has 1 aliphatic heterocycles. The van der Waals surface area contributed by atoms with E-state index in [-0.39, 0.29) is 0 Å². The lowest BCUT2D eigenvalue weighted by Crippen LogP contribution is -2.42. The zero-order valence-corrected chi connectivity index (χ0v) is 12.9. The number of rotatable bonds is 6. The molecule has 1 saturated heterocycles. The molecule has 1 fully saturated rings. The molecular formula is C18H27NO. The molecule has 1 aromatic rings. The lowest BCUT2D eigenvalue weighted by atomic mass is 9.74. The van der Waals surface area contributed by atoms with Gasteiger partial charge in [0.15, 0.2) is 5.78 Å². The van der Waals surface area contributed by atoms with Gasteiger partial charge in [0.2, 0.25) is 0 Å². The SMILES string of the molecule is CCC1(CC)CCN(CC(=O)Cc2ccccc2)CC1. The van der Waals surface area contributed by atoms with Crippen LogP contribution in [-0.4, -0.2) is 30.3 Å². The minimum atomic E-state index is 0.344. The third-order valence-corrected chi connectivity index (χ3v) is 5.06. The van der Waals surface area contributed by atoms with Gasteiger partial charge in [0, 0.05) is 6.42 Å². The monoisotopic (exact) mass is 273 g/mol. The van der Waals surface area contributed by atoms with Crippen molar-refractivity contribution in [2.75, 3.05) is 19.6 Å². The number of likely N-dealkylation sites (tertiary alicyclic amines) is 1. The third-order valence-electron chi connectivity index (χ3n) is 5.06. The van der Waals surface area contributed by atoms with Crippen LogP contribution in [0.1, 0.15) is 45.1 Å². The van der Waals surface area contributed by atoms with Gasteiger partial charge in [-0.1, -0.05) is 57.0 Å². The van der Waals surface area contributed by atoms with Crippen molar-refractivity contribution in [2.45, 2.75) is 46.0 Å². The molecule has 0 spiro atoms. The molecule has 1 aromatic carbocycles. The first-order valence-electron chi connectivity index (χ1n) is 7.95. The molecule has 0 bridgehead atoms. The van der Waals surface area contributed by atoms with Crippen molar-refractivity contribution in [1.29, 1.82) is 0 Å². The van der Waals surface area contributed by atoms with Crippen LogP contribution in [0.2, 0.25) is 0 Å². The lowest BCUT2D eigenvalue weighted by molar-refractivity contribution is -0.120. The molecule has 0 unspecified atom stereocenters. The normalized spacial score (nSPS) is 18.9. The first kappa shape index (κ1) is 15.2. The Labute approximate surface area is 123 Å². The van der Waals surface area contributed by atoms with Gasteiger partial charge in [-0.3, -0.25) is 9.69 Å². The topological polar surface area (TPSA) is 20.3 Å². The smallest absolute Gasteiger partial charge is 0.151 e. The number of carbonyl (C=O) groups is 1. The average Bonchev–Trinajstić information content (AvgIpc) is 2.49. The molecular weight excluding hydrogens is 246 g/mol. The number of carbonyl (C=O) groups excluding carboxylic acids is 1. The van der Waals surface area contributed by atoms with E-state index >= 15 is 0 Å². The summed E-state index contributed by atoms with van der Waals surface area (Å²) in [6, 6.07) is 10.1. The fraction of sp³-hybridized carbons (Fsp3) is 0.611. The summed E-state index contributed by atoms with van der Waals surface area (Å²) in [5.74, 6) is 0.344. The fourth-order valence-electron chi connectivity index (χ4n) is 3.27. The molecule has 0 amide bonds. The third kappa shape index (κ3) is 3.92. The molecule has 0 saturated carbocycles. The summed E-state index contributed by atoms with van der Waals surface area (Å²) in [6.07, 6.45) is 5.62. The molecule has 2 rings (SSSR count). The van der Waals surface area contributed by atoms with Gasteiger partial charge in [-0.05, 0) is 36.9 Å². The van der Waals surface area contributed by atoms with Gasteiger partial charge in [-0.2, -0.15) is 0 Å². The summed E-state index contributed by atoms with van der Waals surface area (Å²) >= 11 is 0. The van der Waals surface area contributed by atoms with E-state index in [0.717, 1.165) is 18.7 Å². The summed E-state index contributed by atoms with van der Waals surface area (Å²) in [5, 5.41) is 0. The number of benzene rings is 1. The predicted molar refractivity (Wildman–Crippen MR) is 83.8 cm³/mol. The molecule has 2 nitrogen and oxygen atoms in total. The first-order valence-corrected chi connectivity index (χ1v) is 7.95. The van der Waals surface area contributed by atoms with Crippen molar-refractivity contribution in [2.24, 2.45) is 5.41 Å². The summed E-state index contributed by atoms with van der Waals surface area (Å²) in [7, 11) is 0. The van der Waals surface area contributed by atoms with Crippen LogP contribution in [0.15, 0.2) is 30.3 Å². The number of Topliss-reactive ketones (excluding diaryl/α,β-unsaturated/α-hetero) is 1. The summed E-state index contributed by atoms with van der Waals surface area (Å²) in [6.45, 7) is 7.41. The van der Waals surface area contributed by atoms with E-state index in [2.05, 4.69) is 18.7 Å². The second-order valence-corrected chi connectivity index (χ2v) is 6.18. The fourth-order valence-corrected chi connectivity index (χ4v) is 3.27. The molecule has 1 aliphatic rings. The van der Waals surface area contributed by atoms with Gasteiger partial charge < -0.3 is 0 Å². The Hall–Kier alpha value is -1.15. The van der Waals surface area contributed by atoms with E-state index < -0.39 is 0 Å². The van der Waals surface area contributed by atoms with Gasteiger partial charge in [0.05, 0.1) is 6.54 Å². The van der Waals surface area contributed by atoms with Crippen molar-refractivity contribution in [3.63, 3.8) is 0 Å². The molecule has 0 aromatic heterocycles. The van der Waals surface area contributed by atoms with Gasteiger partial charge in [-0.25, -0.2) is 0 Å². The minimum absolute atomic E-state index is 0.344. The Morgan fingerprint density at radius 1 is 1.10 bits per heavy atom. The minimum Gasteiger partial charge on any atom is -0.298 e. The van der Waals surface area contributed by atoms with Gasteiger partial charge >= 0.3 is 0 Å². The van der Waals surface area contributed by atoms with E-state index in [1.807, 2.05) is 30.3 Å².